The van der Waals surface area contributed by atoms with Gasteiger partial charge in [0.1, 0.15) is 0 Å². The molecule has 2 rings (SSSR count). The Morgan fingerprint density at radius 1 is 1.14 bits per heavy atom. The van der Waals surface area contributed by atoms with Crippen molar-refractivity contribution >= 4 is 50.9 Å². The van der Waals surface area contributed by atoms with Crippen molar-refractivity contribution in [2.75, 3.05) is 0 Å². The molecule has 1 heterocycles. The van der Waals surface area contributed by atoms with Crippen LogP contribution in [-0.2, 0) is 17.7 Å². The van der Waals surface area contributed by atoms with Gasteiger partial charge in [0.05, 0.1) is 0 Å². The largest absolute Gasteiger partial charge is 0.147 e. The van der Waals surface area contributed by atoms with Gasteiger partial charge in [0.15, 0.2) is 0 Å². The molecule has 0 bridgehead atoms. The molecule has 21 heavy (non-hydrogen) atoms. The number of hydrogen-bond donors (Lipinski definition) is 2. The van der Waals surface area contributed by atoms with Gasteiger partial charge in [-0.3, -0.25) is 0 Å². The van der Waals surface area contributed by atoms with Crippen LogP contribution >= 0.6 is 40.7 Å². The Balaban J connectivity index is 0.00000200. The van der Waals surface area contributed by atoms with Crippen LogP contribution in [0, 0.1) is 0 Å². The van der Waals surface area contributed by atoms with E-state index in [1.54, 1.807) is 0 Å². The summed E-state index contributed by atoms with van der Waals surface area (Å²) in [5, 5.41) is 0. The van der Waals surface area contributed by atoms with Crippen molar-refractivity contribution < 1.29 is 17.7 Å². The fraction of sp³-hybridized carbons (Fsp3) is 0.429. The van der Waals surface area contributed by atoms with E-state index in [4.69, 9.17) is 0 Å². The molecule has 0 spiro atoms. The van der Waals surface area contributed by atoms with Crippen molar-refractivity contribution in [3.8, 4) is 11.3 Å². The minimum atomic E-state index is -3.10. The average Bonchev–Trinajstić information content (AvgIpc) is 2.58. The van der Waals surface area contributed by atoms with Crippen LogP contribution in [0.4, 0.5) is 0 Å². The maximum Gasteiger partial charge on any atom is -0.147 e. The second kappa shape index (κ2) is 6.78. The number of hydrogen-bond acceptors (Lipinski definition) is 1. The van der Waals surface area contributed by atoms with Crippen molar-refractivity contribution in [3.63, 3.8) is 0 Å². The first-order valence-electron chi connectivity index (χ1n) is 6.61. The maximum atomic E-state index is 3.98. The molecule has 0 saturated heterocycles. The van der Waals surface area contributed by atoms with E-state index in [1.165, 1.54) is 19.0 Å². The molecular formula is C14H25BrCl2N2SiZr. The van der Waals surface area contributed by atoms with Crippen molar-refractivity contribution in [2.45, 2.75) is 35.6 Å². The van der Waals surface area contributed by atoms with Crippen LogP contribution in [0.25, 0.3) is 11.3 Å². The predicted octanol–water partition coefficient (Wildman–Crippen LogP) is 3.99. The Labute approximate surface area is 151 Å². The van der Waals surface area contributed by atoms with Gasteiger partial charge in [-0.25, -0.2) is 0 Å². The number of halogens is 3. The summed E-state index contributed by atoms with van der Waals surface area (Å²) in [6.45, 7) is 8.98. The van der Waals surface area contributed by atoms with E-state index in [9.17, 15) is 0 Å². The fourth-order valence-corrected chi connectivity index (χ4v) is 19.4. The number of nitrogens with one attached hydrogen (secondary N) is 2. The number of H-pyrrole nitrogens is 1. The SMILES string of the molecule is CC(C)(C)[NH][Zr]([CH3])([CH3])(=[SiH2])[c]1ccc2[nH]ccc(Br)c1-2.Cl.Cl. The Morgan fingerprint density at radius 2 is 1.71 bits per heavy atom. The summed E-state index contributed by atoms with van der Waals surface area (Å²) in [5.74, 6) is 0. The first-order valence-corrected chi connectivity index (χ1v) is 20.7. The zero-order valence-electron chi connectivity index (χ0n) is 13.2. The van der Waals surface area contributed by atoms with Crippen molar-refractivity contribution in [2.24, 2.45) is 0 Å². The second-order valence-corrected chi connectivity index (χ2v) is 36.0. The third-order valence-corrected chi connectivity index (χ3v) is 16.3. The molecule has 2 aliphatic rings. The Bertz CT molecular complexity index is 658. The van der Waals surface area contributed by atoms with E-state index < -0.39 is 17.7 Å². The van der Waals surface area contributed by atoms with Gasteiger partial charge in [0.25, 0.3) is 0 Å². The van der Waals surface area contributed by atoms with E-state index in [0.29, 0.717) is 0 Å². The topological polar surface area (TPSA) is 27.8 Å². The molecule has 1 aliphatic heterocycles. The first kappa shape index (κ1) is 21.9. The molecule has 0 aromatic rings. The van der Waals surface area contributed by atoms with Gasteiger partial charge in [-0.15, -0.1) is 24.8 Å². The summed E-state index contributed by atoms with van der Waals surface area (Å²) >= 11 is 0.617. The molecule has 1 aliphatic carbocycles. The zero-order valence-corrected chi connectivity index (χ0v) is 20.3. The third kappa shape index (κ3) is 4.92. The second-order valence-electron chi connectivity index (χ2n) is 7.42. The van der Waals surface area contributed by atoms with Crippen LogP contribution in [0.2, 0.25) is 9.26 Å². The molecule has 0 atom stereocenters. The molecule has 2 N–H and O–H groups in total. The summed E-state index contributed by atoms with van der Waals surface area (Å²) in [5.41, 5.74) is 2.71. The van der Waals surface area contributed by atoms with Crippen LogP contribution in [0.3, 0.4) is 0 Å². The summed E-state index contributed by atoms with van der Waals surface area (Å²) in [6, 6.07) is 6.61. The fourth-order valence-electron chi connectivity index (χ4n) is 3.08. The summed E-state index contributed by atoms with van der Waals surface area (Å²) in [6.07, 6.45) is 1.99. The Morgan fingerprint density at radius 3 is 2.24 bits per heavy atom. The van der Waals surface area contributed by atoms with E-state index in [1.807, 2.05) is 6.20 Å². The summed E-state index contributed by atoms with van der Waals surface area (Å²) in [4.78, 5) is 3.34. The maximum absolute atomic E-state index is 3.98. The molecule has 0 radical (unpaired) electrons. The van der Waals surface area contributed by atoms with E-state index in [2.05, 4.69) is 79.3 Å². The molecular weight excluding hydrogens is 466 g/mol. The van der Waals surface area contributed by atoms with Gasteiger partial charge in [0, 0.05) is 0 Å². The third-order valence-electron chi connectivity index (χ3n) is 3.30. The Kier molecular flexibility index (Phi) is 7.07. The van der Waals surface area contributed by atoms with Gasteiger partial charge in [-0.05, 0) is 0 Å². The van der Waals surface area contributed by atoms with Gasteiger partial charge in [-0.1, -0.05) is 0 Å². The van der Waals surface area contributed by atoms with Crippen LogP contribution in [0.1, 0.15) is 20.8 Å². The van der Waals surface area contributed by atoms with E-state index >= 15 is 0 Å². The molecule has 7 heteroatoms. The van der Waals surface area contributed by atoms with Crippen molar-refractivity contribution in [3.05, 3.63) is 28.9 Å². The summed E-state index contributed by atoms with van der Waals surface area (Å²) in [7, 11) is 0. The minimum Gasteiger partial charge on any atom is -0.147 e. The molecule has 0 amide bonds. The molecule has 0 fully saturated rings. The van der Waals surface area contributed by atoms with Gasteiger partial charge in [0.2, 0.25) is 0 Å². The number of rotatable bonds is 2. The van der Waals surface area contributed by atoms with Crippen LogP contribution in [0.15, 0.2) is 28.9 Å². The molecule has 2 nitrogen and oxygen atoms in total. The molecule has 120 valence electrons. The molecule has 0 unspecified atom stereocenters. The van der Waals surface area contributed by atoms with Gasteiger partial charge in [-0.2, -0.15) is 0 Å². The quantitative estimate of drug-likeness (QED) is 0.612. The van der Waals surface area contributed by atoms with Crippen LogP contribution in [0.5, 0.6) is 0 Å². The smallest absolute Gasteiger partial charge is 0.147 e. The molecule has 0 aromatic heterocycles. The molecule has 0 aromatic carbocycles. The summed E-state index contributed by atoms with van der Waals surface area (Å²) < 4.78 is 11.6. The van der Waals surface area contributed by atoms with E-state index in [0.717, 1.165) is 0 Å². The van der Waals surface area contributed by atoms with Gasteiger partial charge < -0.3 is 0 Å². The predicted molar refractivity (Wildman–Crippen MR) is 102 cm³/mol. The monoisotopic (exact) mass is 488 g/mol. The number of fused-ring (bicyclic) bond motifs is 1. The Hall–Kier alpha value is 0.880. The zero-order chi connectivity index (χ0) is 14.5. The van der Waals surface area contributed by atoms with E-state index in [-0.39, 0.29) is 30.4 Å². The van der Waals surface area contributed by atoms with Crippen LogP contribution < -0.4 is 6.53 Å². The number of pyridine rings is 1. The van der Waals surface area contributed by atoms with Gasteiger partial charge >= 0.3 is 128 Å². The normalized spacial score (nSPS) is 12.7. The standard InChI is InChI=1S/C8H5BrN.C4H10N.2CH3.2ClH.H2Si.Zr/c9-7-4-5-10-8-3-1-2-6(7)8;1-4(2,3)5;;;;;;/h1,3-5,10H;5H,1-3H3;2*1H3;2*1H;1H2;/q;-1;;;;;;+1. The number of aromatic nitrogens is 1. The number of aromatic amines is 1. The van der Waals surface area contributed by atoms with Crippen LogP contribution in [-0.4, -0.2) is 17.4 Å². The van der Waals surface area contributed by atoms with Crippen molar-refractivity contribution in [1.29, 1.82) is 0 Å². The van der Waals surface area contributed by atoms with Crippen molar-refractivity contribution in [1.82, 2.24) is 8.24 Å². The average molecular weight is 491 g/mol. The molecule has 0 saturated carbocycles. The minimum absolute atomic E-state index is 0. The first-order chi connectivity index (χ1) is 8.48.